The monoisotopic (exact) mass is 523 g/mol. The van der Waals surface area contributed by atoms with Crippen molar-refractivity contribution in [3.05, 3.63) is 30.1 Å². The van der Waals surface area contributed by atoms with Crippen molar-refractivity contribution in [1.82, 2.24) is 9.99 Å². The van der Waals surface area contributed by atoms with E-state index in [1.165, 1.54) is 0 Å². The number of halogens is 13. The highest BCUT2D eigenvalue weighted by molar-refractivity contribution is 5.97. The van der Waals surface area contributed by atoms with E-state index in [1.807, 2.05) is 0 Å². The molecule has 0 radical (unpaired) electrons. The van der Waals surface area contributed by atoms with Crippen LogP contribution >= 0.6 is 0 Å². The third kappa shape index (κ3) is 3.48. The van der Waals surface area contributed by atoms with Crippen LogP contribution in [0.5, 0.6) is 0 Å². The predicted octanol–water partition coefficient (Wildman–Crippen LogP) is 4.73. The van der Waals surface area contributed by atoms with Gasteiger partial charge in [-0.2, -0.15) is 67.2 Å². The second kappa shape index (κ2) is 7.67. The number of nitrogens with zero attached hydrogens (tertiary/aromatic N) is 3. The van der Waals surface area contributed by atoms with E-state index in [-0.39, 0.29) is 0 Å². The largest absolute Gasteiger partial charge is 0.460 e. The van der Waals surface area contributed by atoms with Crippen LogP contribution in [0.3, 0.4) is 0 Å². The Morgan fingerprint density at radius 3 is 1.85 bits per heavy atom. The average Bonchev–Trinajstić information content (AvgIpc) is 3.02. The molecule has 1 aromatic heterocycles. The Morgan fingerprint density at radius 2 is 1.41 bits per heavy atom. The average molecular weight is 523 g/mol. The van der Waals surface area contributed by atoms with Crippen molar-refractivity contribution in [3.63, 3.8) is 0 Å². The van der Waals surface area contributed by atoms with Crippen LogP contribution in [-0.4, -0.2) is 68.2 Å². The fourth-order valence-corrected chi connectivity index (χ4v) is 2.81. The molecule has 5 nitrogen and oxygen atoms in total. The Bertz CT molecular complexity index is 978. The van der Waals surface area contributed by atoms with Gasteiger partial charge in [-0.3, -0.25) is 9.78 Å². The number of hydrazone groups is 1. The van der Waals surface area contributed by atoms with Crippen LogP contribution in [0.1, 0.15) is 23.7 Å². The molecule has 0 saturated heterocycles. The van der Waals surface area contributed by atoms with Gasteiger partial charge in [0.15, 0.2) is 0 Å². The maximum atomic E-state index is 14.7. The molecule has 1 aliphatic rings. The molecule has 1 aliphatic heterocycles. The number of pyridine rings is 1. The Hall–Kier alpha value is -2.66. The number of amides is 1. The smallest absolute Gasteiger partial charge is 0.364 e. The van der Waals surface area contributed by atoms with E-state index in [4.69, 9.17) is 0 Å². The summed E-state index contributed by atoms with van der Waals surface area (Å²) in [5.41, 5.74) is -6.49. The van der Waals surface area contributed by atoms with Crippen LogP contribution < -0.4 is 0 Å². The molecular formula is C16H10F13N3O2. The van der Waals surface area contributed by atoms with Crippen molar-refractivity contribution >= 4 is 11.6 Å². The van der Waals surface area contributed by atoms with Gasteiger partial charge >= 0.3 is 35.8 Å². The predicted molar refractivity (Wildman–Crippen MR) is 83.9 cm³/mol. The van der Waals surface area contributed by atoms with Crippen LogP contribution in [0.4, 0.5) is 57.1 Å². The summed E-state index contributed by atoms with van der Waals surface area (Å²) in [7, 11) is 0. The first-order chi connectivity index (χ1) is 15.0. The molecule has 0 spiro atoms. The van der Waals surface area contributed by atoms with Crippen LogP contribution in [0.25, 0.3) is 0 Å². The van der Waals surface area contributed by atoms with E-state index in [0.29, 0.717) is 13.1 Å². The lowest BCUT2D eigenvalue weighted by molar-refractivity contribution is -0.453. The van der Waals surface area contributed by atoms with Crippen molar-refractivity contribution in [1.29, 1.82) is 0 Å². The zero-order valence-corrected chi connectivity index (χ0v) is 16.1. The number of rotatable bonds is 6. The number of carbonyl (C=O) groups excluding carboxylic acids is 1. The molecule has 18 heteroatoms. The SMILES string of the molecule is CC1=NN(C(=O)c2cccnc2)C(O)(C(F)(F)C(F)(F)C(F)(F)C(F)(F)C(F)(F)C(F)(F)F)C1. The third-order valence-electron chi connectivity index (χ3n) is 4.66. The molecule has 0 saturated carbocycles. The highest BCUT2D eigenvalue weighted by atomic mass is 19.4. The van der Waals surface area contributed by atoms with Crippen molar-refractivity contribution in [2.45, 2.75) is 54.9 Å². The van der Waals surface area contributed by atoms with E-state index >= 15 is 0 Å². The molecule has 1 aromatic rings. The van der Waals surface area contributed by atoms with Crippen molar-refractivity contribution < 1.29 is 67.0 Å². The first-order valence-electron chi connectivity index (χ1n) is 8.47. The van der Waals surface area contributed by atoms with Crippen LogP contribution in [0.15, 0.2) is 29.6 Å². The summed E-state index contributed by atoms with van der Waals surface area (Å²) >= 11 is 0. The molecule has 0 bridgehead atoms. The second-order valence-corrected chi connectivity index (χ2v) is 7.06. The Balaban J connectivity index is 2.64. The summed E-state index contributed by atoms with van der Waals surface area (Å²) in [4.78, 5) is 15.7. The number of hydrogen-bond acceptors (Lipinski definition) is 4. The minimum Gasteiger partial charge on any atom is -0.364 e. The van der Waals surface area contributed by atoms with Gasteiger partial charge in [0.05, 0.1) is 5.56 Å². The number of aromatic nitrogens is 1. The molecule has 0 fully saturated rings. The fraction of sp³-hybridized carbons (Fsp3) is 0.562. The summed E-state index contributed by atoms with van der Waals surface area (Å²) < 4.78 is 175. The van der Waals surface area contributed by atoms with E-state index in [0.717, 1.165) is 18.3 Å². The topological polar surface area (TPSA) is 65.8 Å². The fourth-order valence-electron chi connectivity index (χ4n) is 2.81. The van der Waals surface area contributed by atoms with Crippen molar-refractivity contribution in [3.8, 4) is 0 Å². The van der Waals surface area contributed by atoms with Gasteiger partial charge in [0.25, 0.3) is 5.91 Å². The van der Waals surface area contributed by atoms with Gasteiger partial charge in [0, 0.05) is 24.5 Å². The van der Waals surface area contributed by atoms with E-state index in [2.05, 4.69) is 10.1 Å². The number of hydrogen-bond donors (Lipinski definition) is 1. The molecule has 34 heavy (non-hydrogen) atoms. The van der Waals surface area contributed by atoms with E-state index in [9.17, 15) is 67.0 Å². The van der Waals surface area contributed by atoms with Gasteiger partial charge in [-0.1, -0.05) is 0 Å². The molecular weight excluding hydrogens is 513 g/mol. The number of aliphatic hydroxyl groups is 1. The number of carbonyl (C=O) groups is 1. The summed E-state index contributed by atoms with van der Waals surface area (Å²) in [5.74, 6) is -40.9. The maximum Gasteiger partial charge on any atom is 0.460 e. The van der Waals surface area contributed by atoms with E-state index in [1.54, 1.807) is 0 Å². The zero-order chi connectivity index (χ0) is 26.8. The molecule has 192 valence electrons. The van der Waals surface area contributed by atoms with Gasteiger partial charge < -0.3 is 5.11 Å². The lowest BCUT2D eigenvalue weighted by Gasteiger charge is -2.45. The highest BCUT2D eigenvalue weighted by Crippen LogP contribution is 2.62. The minimum atomic E-state index is -8.14. The maximum absolute atomic E-state index is 14.7. The summed E-state index contributed by atoms with van der Waals surface area (Å²) in [6, 6.07) is 1.78. The zero-order valence-electron chi connectivity index (χ0n) is 16.1. The molecule has 0 aliphatic carbocycles. The second-order valence-electron chi connectivity index (χ2n) is 7.06. The molecule has 0 aromatic carbocycles. The van der Waals surface area contributed by atoms with Crippen LogP contribution in [0.2, 0.25) is 0 Å². The van der Waals surface area contributed by atoms with Crippen LogP contribution in [-0.2, 0) is 0 Å². The standard InChI is InChI=1S/C16H10F13N3O2/c1-7-5-10(34,32(31-7)9(33)8-3-2-4-30-6-8)11(17,18)12(19,20)13(21,22)14(23,24)15(25,26)16(27,28)29/h2-4,6,34H,5H2,1H3. The lowest BCUT2D eigenvalue weighted by Crippen LogP contribution is -2.75. The molecule has 1 N–H and O–H groups in total. The first kappa shape index (κ1) is 27.6. The molecule has 1 atom stereocenters. The van der Waals surface area contributed by atoms with Crippen LogP contribution in [0, 0.1) is 0 Å². The van der Waals surface area contributed by atoms with Crippen molar-refractivity contribution in [2.24, 2.45) is 5.10 Å². The molecule has 2 rings (SSSR count). The minimum absolute atomic E-state index is 0.606. The molecule has 1 amide bonds. The Kier molecular flexibility index (Phi) is 6.23. The molecule has 2 heterocycles. The Labute approximate surface area is 179 Å². The first-order valence-corrected chi connectivity index (χ1v) is 8.47. The molecule has 1 unspecified atom stereocenters. The normalized spacial score (nSPS) is 21.0. The summed E-state index contributed by atoms with van der Waals surface area (Å²) in [6.45, 7) is 0.695. The lowest BCUT2D eigenvalue weighted by atomic mass is 9.86. The quantitative estimate of drug-likeness (QED) is 0.549. The van der Waals surface area contributed by atoms with E-state index < -0.39 is 70.1 Å². The van der Waals surface area contributed by atoms with Gasteiger partial charge in [0.2, 0.25) is 5.72 Å². The Morgan fingerprint density at radius 1 is 0.912 bits per heavy atom. The summed E-state index contributed by atoms with van der Waals surface area (Å²) in [6.07, 6.45) is -7.85. The van der Waals surface area contributed by atoms with Gasteiger partial charge in [-0.15, -0.1) is 0 Å². The summed E-state index contributed by atoms with van der Waals surface area (Å²) in [5, 5.41) is 12.2. The van der Waals surface area contributed by atoms with Gasteiger partial charge in [0.1, 0.15) is 0 Å². The van der Waals surface area contributed by atoms with Crippen molar-refractivity contribution in [2.75, 3.05) is 0 Å². The third-order valence-corrected chi connectivity index (χ3v) is 4.66. The number of alkyl halides is 13. The highest BCUT2D eigenvalue weighted by Gasteiger charge is 2.93. The van der Waals surface area contributed by atoms with Gasteiger partial charge in [-0.05, 0) is 19.1 Å². The van der Waals surface area contributed by atoms with Gasteiger partial charge in [-0.25, -0.2) is 0 Å².